The molecule has 2 aliphatic heterocycles. The molecule has 0 radical (unpaired) electrons. The number of rotatable bonds is 3. The van der Waals surface area contributed by atoms with Crippen LogP contribution in [0.1, 0.15) is 21.9 Å². The van der Waals surface area contributed by atoms with Crippen molar-refractivity contribution in [3.8, 4) is 0 Å². The van der Waals surface area contributed by atoms with Crippen molar-refractivity contribution in [1.82, 2.24) is 4.98 Å². The SMILES string of the molecule is Cc1ccccc1[C@H]1c2sc(=O)[nH]c2SC2C(=O)N(c3ccc([N+](=O)[O-])cc3)C(=O)C21. The fraction of sp³-hybridized carbons (Fsp3) is 0.190. The fourth-order valence-corrected chi connectivity index (χ4v) is 6.77. The van der Waals surface area contributed by atoms with E-state index in [0.717, 1.165) is 32.2 Å². The molecular weight excluding hydrogens is 438 g/mol. The number of aromatic amines is 1. The summed E-state index contributed by atoms with van der Waals surface area (Å²) in [5, 5.41) is 10.9. The third-order valence-corrected chi connectivity index (χ3v) is 8.07. The van der Waals surface area contributed by atoms with Crippen LogP contribution in [-0.4, -0.2) is 27.0 Å². The number of aromatic nitrogens is 1. The molecule has 1 saturated heterocycles. The molecule has 0 spiro atoms. The van der Waals surface area contributed by atoms with Crippen LogP contribution < -0.4 is 9.77 Å². The summed E-state index contributed by atoms with van der Waals surface area (Å²) in [4.78, 5) is 53.8. The molecule has 10 heteroatoms. The van der Waals surface area contributed by atoms with E-state index in [4.69, 9.17) is 0 Å². The number of thioether (sulfide) groups is 1. The summed E-state index contributed by atoms with van der Waals surface area (Å²) < 4.78 is 0. The minimum absolute atomic E-state index is 0.118. The first kappa shape index (κ1) is 19.7. The van der Waals surface area contributed by atoms with E-state index < -0.39 is 22.0 Å². The van der Waals surface area contributed by atoms with Gasteiger partial charge in [-0.3, -0.25) is 24.5 Å². The maximum absolute atomic E-state index is 13.6. The van der Waals surface area contributed by atoms with E-state index in [0.29, 0.717) is 10.7 Å². The van der Waals surface area contributed by atoms with Gasteiger partial charge in [0.1, 0.15) is 5.25 Å². The number of nitro groups is 1. The van der Waals surface area contributed by atoms with Crippen LogP contribution >= 0.6 is 23.1 Å². The van der Waals surface area contributed by atoms with Crippen molar-refractivity contribution >= 4 is 46.3 Å². The number of aryl methyl sites for hydroxylation is 1. The van der Waals surface area contributed by atoms with Gasteiger partial charge in [0.15, 0.2) is 0 Å². The van der Waals surface area contributed by atoms with Crippen LogP contribution in [0.25, 0.3) is 0 Å². The first-order valence-electron chi connectivity index (χ1n) is 9.44. The van der Waals surface area contributed by atoms with E-state index >= 15 is 0 Å². The normalized spacial score (nSPS) is 22.4. The number of H-pyrrole nitrogens is 1. The lowest BCUT2D eigenvalue weighted by Gasteiger charge is -2.30. The summed E-state index contributed by atoms with van der Waals surface area (Å²) in [7, 11) is 0. The number of fused-ring (bicyclic) bond motifs is 2. The summed E-state index contributed by atoms with van der Waals surface area (Å²) in [5.74, 6) is -1.85. The predicted molar refractivity (Wildman–Crippen MR) is 117 cm³/mol. The molecule has 0 bridgehead atoms. The van der Waals surface area contributed by atoms with Gasteiger partial charge in [-0.2, -0.15) is 0 Å². The Kier molecular flexibility index (Phi) is 4.56. The van der Waals surface area contributed by atoms with E-state index in [1.165, 1.54) is 36.0 Å². The zero-order valence-electron chi connectivity index (χ0n) is 16.1. The Morgan fingerprint density at radius 3 is 2.42 bits per heavy atom. The number of benzene rings is 2. The molecule has 31 heavy (non-hydrogen) atoms. The van der Waals surface area contributed by atoms with Gasteiger partial charge < -0.3 is 4.98 Å². The van der Waals surface area contributed by atoms with Gasteiger partial charge in [-0.1, -0.05) is 47.4 Å². The highest BCUT2D eigenvalue weighted by Gasteiger charge is 2.56. The highest BCUT2D eigenvalue weighted by atomic mass is 32.2. The molecule has 2 amide bonds. The Hall–Kier alpha value is -3.24. The Bertz CT molecular complexity index is 1300. The molecule has 1 N–H and O–H groups in total. The standard InChI is InChI=1S/C21H15N3O5S2/c1-10-4-2-3-5-13(10)14-15-17(30-18-16(14)31-21(27)22-18)20(26)23(19(15)25)11-6-8-12(9-7-11)24(28)29/h2-9,14-15,17H,1H3,(H,22,27)/t14-,15?,17?/m1/s1. The number of imide groups is 1. The van der Waals surface area contributed by atoms with E-state index in [2.05, 4.69) is 4.98 Å². The molecule has 3 atom stereocenters. The molecule has 3 heterocycles. The van der Waals surface area contributed by atoms with Crippen molar-refractivity contribution in [2.24, 2.45) is 5.92 Å². The fourth-order valence-electron chi connectivity index (χ4n) is 4.27. The van der Waals surface area contributed by atoms with Gasteiger partial charge in [0.2, 0.25) is 11.8 Å². The van der Waals surface area contributed by atoms with Crippen molar-refractivity contribution in [1.29, 1.82) is 0 Å². The van der Waals surface area contributed by atoms with Crippen LogP contribution in [0.3, 0.4) is 0 Å². The highest BCUT2D eigenvalue weighted by molar-refractivity contribution is 8.00. The summed E-state index contributed by atoms with van der Waals surface area (Å²) >= 11 is 2.27. The quantitative estimate of drug-likeness (QED) is 0.369. The van der Waals surface area contributed by atoms with Gasteiger partial charge in [0.05, 0.1) is 21.6 Å². The van der Waals surface area contributed by atoms with Gasteiger partial charge in [-0.15, -0.1) is 0 Å². The number of hydrogen-bond donors (Lipinski definition) is 1. The van der Waals surface area contributed by atoms with Crippen LogP contribution in [-0.2, 0) is 9.59 Å². The smallest absolute Gasteiger partial charge is 0.305 e. The Labute approximate surface area is 184 Å². The number of nitrogens with one attached hydrogen (secondary N) is 1. The summed E-state index contributed by atoms with van der Waals surface area (Å²) in [5.41, 5.74) is 2.06. The maximum Gasteiger partial charge on any atom is 0.305 e. The molecule has 2 aromatic carbocycles. The van der Waals surface area contributed by atoms with Crippen LogP contribution in [0.5, 0.6) is 0 Å². The molecule has 2 aliphatic rings. The Morgan fingerprint density at radius 2 is 1.74 bits per heavy atom. The molecule has 1 aromatic heterocycles. The monoisotopic (exact) mass is 453 g/mol. The van der Waals surface area contributed by atoms with Gasteiger partial charge in [0.25, 0.3) is 5.69 Å². The first-order valence-corrected chi connectivity index (χ1v) is 11.1. The van der Waals surface area contributed by atoms with Gasteiger partial charge >= 0.3 is 4.87 Å². The number of amides is 2. The Balaban J connectivity index is 1.63. The van der Waals surface area contributed by atoms with Crippen molar-refractivity contribution in [3.63, 3.8) is 0 Å². The minimum atomic E-state index is -0.690. The lowest BCUT2D eigenvalue weighted by molar-refractivity contribution is -0.384. The number of thiazole rings is 1. The number of carbonyl (C=O) groups excluding carboxylic acids is 2. The lowest BCUT2D eigenvalue weighted by Crippen LogP contribution is -2.32. The second-order valence-corrected chi connectivity index (χ2v) is 9.56. The van der Waals surface area contributed by atoms with E-state index in [1.54, 1.807) is 0 Å². The zero-order chi connectivity index (χ0) is 21.9. The highest BCUT2D eigenvalue weighted by Crippen LogP contribution is 2.53. The van der Waals surface area contributed by atoms with E-state index in [1.807, 2.05) is 31.2 Å². The average molecular weight is 454 g/mol. The summed E-state index contributed by atoms with van der Waals surface area (Å²) in [6, 6.07) is 13.0. The minimum Gasteiger partial charge on any atom is -0.307 e. The molecule has 5 rings (SSSR count). The summed E-state index contributed by atoms with van der Waals surface area (Å²) in [6.45, 7) is 1.94. The van der Waals surface area contributed by atoms with Crippen LogP contribution in [0.4, 0.5) is 11.4 Å². The second-order valence-electron chi connectivity index (χ2n) is 7.39. The topological polar surface area (TPSA) is 113 Å². The number of nitro benzene ring substituents is 1. The van der Waals surface area contributed by atoms with Crippen molar-refractivity contribution in [3.05, 3.63) is 84.3 Å². The third kappa shape index (κ3) is 3.02. The van der Waals surface area contributed by atoms with E-state index in [9.17, 15) is 24.5 Å². The molecule has 8 nitrogen and oxygen atoms in total. The average Bonchev–Trinajstić information content (AvgIpc) is 3.23. The van der Waals surface area contributed by atoms with Crippen molar-refractivity contribution < 1.29 is 14.5 Å². The van der Waals surface area contributed by atoms with Crippen molar-refractivity contribution in [2.45, 2.75) is 23.1 Å². The molecule has 0 aliphatic carbocycles. The number of hydrogen-bond acceptors (Lipinski definition) is 7. The molecule has 2 unspecified atom stereocenters. The molecule has 0 saturated carbocycles. The molecule has 156 valence electrons. The largest absolute Gasteiger partial charge is 0.307 e. The first-order chi connectivity index (χ1) is 14.9. The number of anilines is 1. The summed E-state index contributed by atoms with van der Waals surface area (Å²) in [6.07, 6.45) is 0. The third-order valence-electron chi connectivity index (χ3n) is 5.67. The second kappa shape index (κ2) is 7.17. The maximum atomic E-state index is 13.6. The Morgan fingerprint density at radius 1 is 1.03 bits per heavy atom. The number of carbonyl (C=O) groups is 2. The molecule has 3 aromatic rings. The van der Waals surface area contributed by atoms with Gasteiger partial charge in [-0.05, 0) is 30.2 Å². The lowest BCUT2D eigenvalue weighted by atomic mass is 9.81. The van der Waals surface area contributed by atoms with Crippen molar-refractivity contribution in [2.75, 3.05) is 4.90 Å². The number of non-ortho nitro benzene ring substituents is 1. The van der Waals surface area contributed by atoms with E-state index in [-0.39, 0.29) is 22.4 Å². The number of nitrogens with zero attached hydrogens (tertiary/aromatic N) is 2. The van der Waals surface area contributed by atoms with Gasteiger partial charge in [-0.25, -0.2) is 4.90 Å². The van der Waals surface area contributed by atoms with Crippen LogP contribution in [0.15, 0.2) is 58.4 Å². The molecular formula is C21H15N3O5S2. The predicted octanol–water partition coefficient (Wildman–Crippen LogP) is 3.45. The van der Waals surface area contributed by atoms with Gasteiger partial charge in [0, 0.05) is 22.9 Å². The zero-order valence-corrected chi connectivity index (χ0v) is 17.7. The van der Waals surface area contributed by atoms with Crippen LogP contribution in [0, 0.1) is 23.0 Å². The molecule has 1 fully saturated rings. The van der Waals surface area contributed by atoms with Crippen LogP contribution in [0.2, 0.25) is 0 Å².